The minimum atomic E-state index is -1.03. The quantitative estimate of drug-likeness (QED) is 0.0818. The monoisotopic (exact) mass is 656 g/mol. The maximum Gasteiger partial charge on any atom is 0.510 e. The van der Waals surface area contributed by atoms with Crippen molar-refractivity contribution in [3.8, 4) is 22.5 Å². The van der Waals surface area contributed by atoms with Crippen LogP contribution >= 0.6 is 0 Å². The van der Waals surface area contributed by atoms with Gasteiger partial charge in [-0.25, -0.2) is 9.59 Å². The number of benzene rings is 2. The molecule has 0 saturated carbocycles. The molecule has 16 nitrogen and oxygen atoms in total. The maximum atomic E-state index is 13.0. The van der Waals surface area contributed by atoms with Crippen molar-refractivity contribution < 1.29 is 43.6 Å². The molecular formula is C31H40N6O10. The highest BCUT2D eigenvalue weighted by Crippen LogP contribution is 2.30. The first kappa shape index (κ1) is 36.3. The Kier molecular flexibility index (Phi) is 14.0. The van der Waals surface area contributed by atoms with Crippen molar-refractivity contribution in [1.29, 1.82) is 0 Å². The van der Waals surface area contributed by atoms with Gasteiger partial charge in [-0.3, -0.25) is 4.79 Å². The van der Waals surface area contributed by atoms with Crippen LogP contribution in [0.25, 0.3) is 22.5 Å². The van der Waals surface area contributed by atoms with Crippen LogP contribution in [-0.4, -0.2) is 85.8 Å². The number of aliphatic carboxylic acids is 1. The van der Waals surface area contributed by atoms with Crippen molar-refractivity contribution in [1.82, 2.24) is 25.1 Å². The predicted octanol–water partition coefficient (Wildman–Crippen LogP) is 4.53. The number of hydrogen-bond acceptors (Lipinski definition) is 12. The van der Waals surface area contributed by atoms with E-state index in [1.54, 1.807) is 13.8 Å². The van der Waals surface area contributed by atoms with Crippen LogP contribution in [-0.2, 0) is 35.2 Å². The molecular weight excluding hydrogens is 616 g/mol. The number of unbranched alkanes of at least 4 members (excludes halogenated alkanes) is 1. The summed E-state index contributed by atoms with van der Waals surface area (Å²) in [5.74, 6) is -1.19. The molecule has 0 fully saturated rings. The second-order valence-corrected chi connectivity index (χ2v) is 10.8. The lowest BCUT2D eigenvalue weighted by Gasteiger charge is -2.32. The van der Waals surface area contributed by atoms with E-state index in [1.165, 1.54) is 11.8 Å². The number of nitrogens with zero attached hydrogens (tertiary/aromatic N) is 6. The van der Waals surface area contributed by atoms with Gasteiger partial charge in [0.05, 0.1) is 13.2 Å². The van der Waals surface area contributed by atoms with Gasteiger partial charge in [-0.15, -0.1) is 25.1 Å². The van der Waals surface area contributed by atoms with E-state index in [-0.39, 0.29) is 57.0 Å². The number of amides is 1. The molecule has 1 aromatic heterocycles. The summed E-state index contributed by atoms with van der Waals surface area (Å²) in [5.41, 5.74) is 3.10. The van der Waals surface area contributed by atoms with Crippen LogP contribution in [0.4, 0.5) is 4.79 Å². The molecule has 254 valence electrons. The molecule has 16 heteroatoms. The maximum absolute atomic E-state index is 13.0. The highest BCUT2D eigenvalue weighted by molar-refractivity contribution is 5.84. The minimum absolute atomic E-state index is 0.00974. The number of carbonyl (C=O) groups excluding carboxylic acids is 2. The van der Waals surface area contributed by atoms with E-state index >= 15 is 0 Å². The summed E-state index contributed by atoms with van der Waals surface area (Å²) in [4.78, 5) is 54.0. The Balaban J connectivity index is 1.67. The zero-order valence-corrected chi connectivity index (χ0v) is 26.8. The average Bonchev–Trinajstić information content (AvgIpc) is 3.53. The second-order valence-electron chi connectivity index (χ2n) is 10.8. The summed E-state index contributed by atoms with van der Waals surface area (Å²) >= 11 is 0. The molecule has 2 atom stereocenters. The first-order chi connectivity index (χ1) is 22.5. The second kappa shape index (κ2) is 18.1. The molecule has 0 bridgehead atoms. The lowest BCUT2D eigenvalue weighted by molar-refractivity contribution is -0.758. The smallest absolute Gasteiger partial charge is 0.480 e. The van der Waals surface area contributed by atoms with Gasteiger partial charge in [0.1, 0.15) is 19.3 Å². The van der Waals surface area contributed by atoms with Gasteiger partial charge >= 0.3 is 12.1 Å². The van der Waals surface area contributed by atoms with Crippen molar-refractivity contribution in [2.75, 3.05) is 26.4 Å². The molecule has 47 heavy (non-hydrogen) atoms. The van der Waals surface area contributed by atoms with Crippen molar-refractivity contribution in [2.24, 2.45) is 5.92 Å². The molecule has 2 aromatic carbocycles. The number of aromatic nitrogens is 4. The van der Waals surface area contributed by atoms with Crippen molar-refractivity contribution >= 4 is 18.0 Å². The first-order valence-corrected chi connectivity index (χ1v) is 15.2. The molecule has 0 aliphatic rings. The normalized spacial score (nSPS) is 12.3. The number of tetrazole rings is 1. The van der Waals surface area contributed by atoms with E-state index in [0.29, 0.717) is 12.0 Å². The summed E-state index contributed by atoms with van der Waals surface area (Å²) in [5, 5.41) is 31.6. The van der Waals surface area contributed by atoms with Crippen LogP contribution in [0.3, 0.4) is 0 Å². The van der Waals surface area contributed by atoms with Crippen LogP contribution in [0.2, 0.25) is 0 Å². The van der Waals surface area contributed by atoms with Gasteiger partial charge in [0.15, 0.2) is 0 Å². The standard InChI is InChI=1S/C31H40N6O10/c1-5-6-11-27(38)35(28(21(2)3)30(39)40)20-23-12-14-24(15-13-23)25-9-7-8-10-26(25)29-32-34-36(33-29)22(4)47-31(41)45-18-16-44-17-19-46-37(42)43/h7-10,12-15,21-22,28H,5-6,11,16-20H2,1-4H3,(H,39,40)/t22?,28-/m1/s1. The van der Waals surface area contributed by atoms with E-state index in [9.17, 15) is 29.6 Å². The van der Waals surface area contributed by atoms with E-state index in [4.69, 9.17) is 14.2 Å². The SMILES string of the molecule is CCCCC(=O)N(Cc1ccc(-c2ccccc2-c2nnn(C(C)OC(=O)OCCOCCO[N+](=O)[O-])n2)cc1)[C@@H](C(=O)O)C(C)C. The predicted molar refractivity (Wildman–Crippen MR) is 166 cm³/mol. The highest BCUT2D eigenvalue weighted by Gasteiger charge is 2.32. The van der Waals surface area contributed by atoms with E-state index < -0.39 is 29.5 Å². The summed E-state index contributed by atoms with van der Waals surface area (Å²) in [6.07, 6.45) is -0.133. The van der Waals surface area contributed by atoms with Gasteiger partial charge in [0.25, 0.3) is 5.09 Å². The first-order valence-electron chi connectivity index (χ1n) is 15.2. The van der Waals surface area contributed by atoms with E-state index in [0.717, 1.165) is 27.9 Å². The molecule has 3 rings (SSSR count). The Labute approximate surface area is 271 Å². The largest absolute Gasteiger partial charge is 0.510 e. The fourth-order valence-electron chi connectivity index (χ4n) is 4.67. The molecule has 0 saturated heterocycles. The molecule has 1 heterocycles. The van der Waals surface area contributed by atoms with Crippen LogP contribution < -0.4 is 0 Å². The van der Waals surface area contributed by atoms with Gasteiger partial charge in [0.2, 0.25) is 18.0 Å². The van der Waals surface area contributed by atoms with Crippen LogP contribution in [0, 0.1) is 16.0 Å². The van der Waals surface area contributed by atoms with Crippen LogP contribution in [0.15, 0.2) is 48.5 Å². The van der Waals surface area contributed by atoms with Gasteiger partial charge in [-0.05, 0) is 41.2 Å². The third-order valence-corrected chi connectivity index (χ3v) is 6.96. The number of hydrogen-bond donors (Lipinski definition) is 1. The zero-order chi connectivity index (χ0) is 34.3. The fourth-order valence-corrected chi connectivity index (χ4v) is 4.67. The number of ether oxygens (including phenoxy) is 3. The number of carbonyl (C=O) groups is 3. The lowest BCUT2D eigenvalue weighted by atomic mass is 9.97. The summed E-state index contributed by atoms with van der Waals surface area (Å²) < 4.78 is 15.2. The third kappa shape index (κ3) is 11.0. The topological polar surface area (TPSA) is 198 Å². The number of carboxylic acids is 1. The Bertz CT molecular complexity index is 1480. The molecule has 0 spiro atoms. The molecule has 1 unspecified atom stereocenters. The van der Waals surface area contributed by atoms with Crippen LogP contribution in [0.1, 0.15) is 58.7 Å². The third-order valence-electron chi connectivity index (χ3n) is 6.96. The fraction of sp³-hybridized carbons (Fsp3) is 0.484. The van der Waals surface area contributed by atoms with Gasteiger partial charge in [0, 0.05) is 18.5 Å². The molecule has 1 amide bonds. The molecule has 0 aliphatic carbocycles. The molecule has 3 aromatic rings. The molecule has 0 aliphatic heterocycles. The molecule has 0 radical (unpaired) electrons. The Morgan fingerprint density at radius 2 is 1.68 bits per heavy atom. The summed E-state index contributed by atoms with van der Waals surface area (Å²) in [7, 11) is 0. The lowest BCUT2D eigenvalue weighted by Crippen LogP contribution is -2.47. The Morgan fingerprint density at radius 3 is 2.32 bits per heavy atom. The van der Waals surface area contributed by atoms with Crippen molar-refractivity contribution in [3.63, 3.8) is 0 Å². The van der Waals surface area contributed by atoms with Crippen LogP contribution in [0.5, 0.6) is 0 Å². The van der Waals surface area contributed by atoms with Gasteiger partial charge in [-0.1, -0.05) is 75.7 Å². The number of rotatable bonds is 19. The molecule has 1 N–H and O–H groups in total. The minimum Gasteiger partial charge on any atom is -0.480 e. The van der Waals surface area contributed by atoms with E-state index in [1.807, 2.05) is 55.5 Å². The van der Waals surface area contributed by atoms with E-state index in [2.05, 4.69) is 20.2 Å². The van der Waals surface area contributed by atoms with Gasteiger partial charge < -0.3 is 29.1 Å². The Hall–Kier alpha value is -5.12. The summed E-state index contributed by atoms with van der Waals surface area (Å²) in [6, 6.07) is 14.0. The highest BCUT2D eigenvalue weighted by atomic mass is 17.0. The van der Waals surface area contributed by atoms with Crippen molar-refractivity contribution in [2.45, 2.75) is 65.8 Å². The average molecular weight is 657 g/mol. The van der Waals surface area contributed by atoms with Crippen molar-refractivity contribution in [3.05, 3.63) is 64.2 Å². The summed E-state index contributed by atoms with van der Waals surface area (Å²) in [6.45, 7) is 6.84. The Morgan fingerprint density at radius 1 is 1.00 bits per heavy atom. The number of carboxylic acid groups (broad SMARTS) is 1. The van der Waals surface area contributed by atoms with Gasteiger partial charge in [-0.2, -0.15) is 0 Å². The zero-order valence-electron chi connectivity index (χ0n) is 26.8.